The summed E-state index contributed by atoms with van der Waals surface area (Å²) in [6, 6.07) is 9.94. The van der Waals surface area contributed by atoms with E-state index in [1.165, 1.54) is 11.3 Å². The summed E-state index contributed by atoms with van der Waals surface area (Å²) in [6.07, 6.45) is 2.76. The van der Waals surface area contributed by atoms with Gasteiger partial charge in [-0.15, -0.1) is 12.4 Å². The van der Waals surface area contributed by atoms with Gasteiger partial charge in [-0.3, -0.25) is 9.69 Å². The Balaban J connectivity index is 0.00000441. The van der Waals surface area contributed by atoms with Gasteiger partial charge in [-0.05, 0) is 57.1 Å². The Morgan fingerprint density at radius 3 is 2.30 bits per heavy atom. The lowest BCUT2D eigenvalue weighted by atomic mass is 10.1. The molecule has 1 amide bonds. The minimum Gasteiger partial charge on any atom is -0.493 e. The molecular formula is C28H39ClN4O5S2. The van der Waals surface area contributed by atoms with Gasteiger partial charge < -0.3 is 14.4 Å². The van der Waals surface area contributed by atoms with Crippen molar-refractivity contribution >= 4 is 55.0 Å². The summed E-state index contributed by atoms with van der Waals surface area (Å²) in [4.78, 5) is 22.7. The van der Waals surface area contributed by atoms with Gasteiger partial charge in [-0.1, -0.05) is 31.6 Å². The molecule has 4 rings (SSSR count). The minimum atomic E-state index is -3.62. The van der Waals surface area contributed by atoms with Gasteiger partial charge in [0, 0.05) is 43.4 Å². The quantitative estimate of drug-likeness (QED) is 0.291. The SMILES string of the molecule is CCN(CC)CCN(C(=O)c1ccc(S(=O)(=O)N2CCCCC2C)cc1)c1nc2cc(OC)c(OC)cc2s1.Cl. The fourth-order valence-electron chi connectivity index (χ4n) is 4.91. The highest BCUT2D eigenvalue weighted by atomic mass is 35.5. The zero-order valence-corrected chi connectivity index (χ0v) is 26.2. The molecule has 0 aliphatic carbocycles. The van der Waals surface area contributed by atoms with E-state index in [4.69, 9.17) is 14.5 Å². The van der Waals surface area contributed by atoms with Gasteiger partial charge >= 0.3 is 0 Å². The number of ether oxygens (including phenoxy) is 2. The average molecular weight is 611 g/mol. The molecule has 0 saturated carbocycles. The summed E-state index contributed by atoms with van der Waals surface area (Å²) in [6.45, 7) is 9.52. The number of carbonyl (C=O) groups is 1. The Morgan fingerprint density at radius 1 is 1.05 bits per heavy atom. The number of nitrogens with zero attached hydrogens (tertiary/aromatic N) is 4. The van der Waals surface area contributed by atoms with Crippen molar-refractivity contribution in [3.05, 3.63) is 42.0 Å². The van der Waals surface area contributed by atoms with Crippen LogP contribution in [0.15, 0.2) is 41.3 Å². The number of thiazole rings is 1. The highest BCUT2D eigenvalue weighted by Gasteiger charge is 2.31. The third-order valence-corrected chi connectivity index (χ3v) is 10.4. The summed E-state index contributed by atoms with van der Waals surface area (Å²) in [7, 11) is -0.456. The van der Waals surface area contributed by atoms with Crippen LogP contribution in [0.2, 0.25) is 0 Å². The fraction of sp³-hybridized carbons (Fsp3) is 0.500. The monoisotopic (exact) mass is 610 g/mol. The number of hydrogen-bond acceptors (Lipinski definition) is 8. The van der Waals surface area contributed by atoms with Crippen LogP contribution < -0.4 is 14.4 Å². The van der Waals surface area contributed by atoms with Crippen molar-refractivity contribution in [1.29, 1.82) is 0 Å². The maximum atomic E-state index is 13.8. The van der Waals surface area contributed by atoms with Gasteiger partial charge in [0.05, 0.1) is 29.3 Å². The second-order valence-electron chi connectivity index (χ2n) is 9.64. The summed E-state index contributed by atoms with van der Waals surface area (Å²) >= 11 is 1.41. The van der Waals surface area contributed by atoms with E-state index < -0.39 is 10.0 Å². The molecule has 0 bridgehead atoms. The molecule has 1 unspecified atom stereocenters. The van der Waals surface area contributed by atoms with Crippen LogP contribution in [0.3, 0.4) is 0 Å². The van der Waals surface area contributed by atoms with E-state index in [-0.39, 0.29) is 29.3 Å². The normalized spacial score (nSPS) is 16.1. The minimum absolute atomic E-state index is 0. The first-order valence-corrected chi connectivity index (χ1v) is 15.7. The van der Waals surface area contributed by atoms with Crippen LogP contribution in [0, 0.1) is 0 Å². The molecule has 220 valence electrons. The Bertz CT molecular complexity index is 1350. The molecule has 1 aliphatic heterocycles. The number of fused-ring (bicyclic) bond motifs is 1. The van der Waals surface area contributed by atoms with Crippen LogP contribution in [0.1, 0.15) is 50.4 Å². The maximum Gasteiger partial charge on any atom is 0.260 e. The van der Waals surface area contributed by atoms with Crippen LogP contribution in [-0.2, 0) is 10.0 Å². The molecule has 1 saturated heterocycles. The number of rotatable bonds is 11. The smallest absolute Gasteiger partial charge is 0.260 e. The third-order valence-electron chi connectivity index (χ3n) is 7.34. The molecule has 0 N–H and O–H groups in total. The predicted octanol–water partition coefficient (Wildman–Crippen LogP) is 5.29. The Labute approximate surface area is 247 Å². The first-order chi connectivity index (χ1) is 18.7. The van der Waals surface area contributed by atoms with Gasteiger partial charge in [-0.2, -0.15) is 4.31 Å². The van der Waals surface area contributed by atoms with Crippen molar-refractivity contribution in [3.63, 3.8) is 0 Å². The number of methoxy groups -OCH3 is 2. The van der Waals surface area contributed by atoms with Crippen LogP contribution >= 0.6 is 23.7 Å². The van der Waals surface area contributed by atoms with Gasteiger partial charge in [-0.25, -0.2) is 13.4 Å². The van der Waals surface area contributed by atoms with Gasteiger partial charge in [0.1, 0.15) is 0 Å². The van der Waals surface area contributed by atoms with Crippen LogP contribution in [0.4, 0.5) is 5.13 Å². The number of sulfonamides is 1. The number of aromatic nitrogens is 1. The molecule has 2 heterocycles. The topological polar surface area (TPSA) is 92.3 Å². The van der Waals surface area contributed by atoms with Crippen LogP contribution in [0.25, 0.3) is 10.2 Å². The van der Waals surface area contributed by atoms with Gasteiger partial charge in [0.15, 0.2) is 16.6 Å². The standard InChI is InChI=1S/C28H38N4O5S2.ClH/c1-6-30(7-2)16-17-31(28-29-23-18-24(36-4)25(37-5)19-26(23)38-28)27(33)21-11-13-22(14-12-21)39(34,35)32-15-9-8-10-20(32)3;/h11-14,18-20H,6-10,15-17H2,1-5H3;1H. The number of piperidine rings is 1. The molecule has 1 atom stereocenters. The molecule has 2 aromatic carbocycles. The second-order valence-corrected chi connectivity index (χ2v) is 12.5. The largest absolute Gasteiger partial charge is 0.493 e. The molecular weight excluding hydrogens is 572 g/mol. The zero-order chi connectivity index (χ0) is 28.2. The van der Waals surface area contributed by atoms with Crippen molar-refractivity contribution in [2.75, 3.05) is 51.8 Å². The molecule has 3 aromatic rings. The van der Waals surface area contributed by atoms with E-state index in [0.29, 0.717) is 47.3 Å². The number of amides is 1. The first-order valence-electron chi connectivity index (χ1n) is 13.4. The molecule has 12 heteroatoms. The van der Waals surface area contributed by atoms with E-state index in [1.54, 1.807) is 47.7 Å². The fourth-order valence-corrected chi connectivity index (χ4v) is 7.61. The summed E-state index contributed by atoms with van der Waals surface area (Å²) in [5.41, 5.74) is 1.12. The van der Waals surface area contributed by atoms with E-state index in [2.05, 4.69) is 18.7 Å². The molecule has 1 aromatic heterocycles. The van der Waals surface area contributed by atoms with Crippen LogP contribution in [0.5, 0.6) is 11.5 Å². The van der Waals surface area contributed by atoms with Crippen LogP contribution in [-0.4, -0.2) is 81.5 Å². The molecule has 1 fully saturated rings. The van der Waals surface area contributed by atoms with Crippen molar-refractivity contribution in [2.24, 2.45) is 0 Å². The van der Waals surface area contributed by atoms with E-state index >= 15 is 0 Å². The summed E-state index contributed by atoms with van der Waals surface area (Å²) in [5.74, 6) is 0.944. The Hall–Kier alpha value is -2.44. The second kappa shape index (κ2) is 14.0. The van der Waals surface area contributed by atoms with Crippen molar-refractivity contribution in [1.82, 2.24) is 14.2 Å². The van der Waals surface area contributed by atoms with Crippen molar-refractivity contribution < 1.29 is 22.7 Å². The average Bonchev–Trinajstić information content (AvgIpc) is 3.37. The summed E-state index contributed by atoms with van der Waals surface area (Å²) in [5, 5.41) is 0.566. The lowest BCUT2D eigenvalue weighted by Crippen LogP contribution is -2.42. The number of halogens is 1. The third kappa shape index (κ3) is 6.71. The summed E-state index contributed by atoms with van der Waals surface area (Å²) < 4.78 is 39.9. The number of likely N-dealkylation sites (N-methyl/N-ethyl adjacent to an activating group) is 1. The lowest BCUT2D eigenvalue weighted by molar-refractivity contribution is 0.0983. The maximum absolute atomic E-state index is 13.8. The number of hydrogen-bond donors (Lipinski definition) is 0. The number of anilines is 1. The molecule has 40 heavy (non-hydrogen) atoms. The highest BCUT2D eigenvalue weighted by molar-refractivity contribution is 7.89. The predicted molar refractivity (Wildman–Crippen MR) is 163 cm³/mol. The van der Waals surface area contributed by atoms with Crippen molar-refractivity contribution in [3.8, 4) is 11.5 Å². The Morgan fingerprint density at radius 2 is 1.70 bits per heavy atom. The van der Waals surface area contributed by atoms with E-state index in [9.17, 15) is 13.2 Å². The molecule has 0 radical (unpaired) electrons. The number of carbonyl (C=O) groups excluding carboxylic acids is 1. The van der Waals surface area contributed by atoms with Gasteiger partial charge in [0.25, 0.3) is 5.91 Å². The van der Waals surface area contributed by atoms with Gasteiger partial charge in [0.2, 0.25) is 10.0 Å². The lowest BCUT2D eigenvalue weighted by Gasteiger charge is -2.32. The van der Waals surface area contributed by atoms with E-state index in [1.807, 2.05) is 19.1 Å². The first kappa shape index (κ1) is 32.1. The van der Waals surface area contributed by atoms with Crippen molar-refractivity contribution in [2.45, 2.75) is 51.0 Å². The molecule has 9 nitrogen and oxygen atoms in total. The highest BCUT2D eigenvalue weighted by Crippen LogP contribution is 2.37. The molecule has 0 spiro atoms. The zero-order valence-electron chi connectivity index (χ0n) is 23.8. The Kier molecular flexibility index (Phi) is 11.2. The van der Waals surface area contributed by atoms with E-state index in [0.717, 1.165) is 37.1 Å². The number of benzene rings is 2. The molecule has 1 aliphatic rings.